The van der Waals surface area contributed by atoms with Gasteiger partial charge in [-0.1, -0.05) is 6.92 Å². The maximum Gasteiger partial charge on any atom is 0.254 e. The Morgan fingerprint density at radius 3 is 1.91 bits per heavy atom. The second kappa shape index (κ2) is 7.15. The molecule has 1 aliphatic heterocycles. The summed E-state index contributed by atoms with van der Waals surface area (Å²) in [5.74, 6) is 1.24. The first-order valence-corrected chi connectivity index (χ1v) is 7.39. The summed E-state index contributed by atoms with van der Waals surface area (Å²) in [6.45, 7) is 4.11. The van der Waals surface area contributed by atoms with E-state index in [1.165, 1.54) is 0 Å². The third kappa shape index (κ3) is 3.50. The first-order chi connectivity index (χ1) is 10.6. The van der Waals surface area contributed by atoms with E-state index in [1.807, 2.05) is 6.92 Å². The van der Waals surface area contributed by atoms with E-state index in [9.17, 15) is 9.59 Å². The van der Waals surface area contributed by atoms with Crippen molar-refractivity contribution in [2.75, 3.05) is 40.4 Å². The number of ether oxygens (including phenoxy) is 2. The fraction of sp³-hybridized carbons (Fsp3) is 0.500. The third-order valence-corrected chi connectivity index (χ3v) is 3.82. The van der Waals surface area contributed by atoms with E-state index in [2.05, 4.69) is 0 Å². The highest BCUT2D eigenvalue weighted by atomic mass is 16.5. The van der Waals surface area contributed by atoms with Crippen molar-refractivity contribution in [1.29, 1.82) is 0 Å². The van der Waals surface area contributed by atoms with Crippen LogP contribution in [0.1, 0.15) is 23.7 Å². The van der Waals surface area contributed by atoms with Crippen molar-refractivity contribution in [2.45, 2.75) is 13.3 Å². The van der Waals surface area contributed by atoms with Gasteiger partial charge in [-0.15, -0.1) is 0 Å². The van der Waals surface area contributed by atoms with Gasteiger partial charge in [-0.25, -0.2) is 0 Å². The van der Waals surface area contributed by atoms with Crippen LogP contribution in [0.5, 0.6) is 11.5 Å². The molecule has 0 radical (unpaired) electrons. The van der Waals surface area contributed by atoms with E-state index in [1.54, 1.807) is 42.2 Å². The second-order valence-corrected chi connectivity index (χ2v) is 5.13. The molecule has 1 heterocycles. The molecule has 1 saturated heterocycles. The lowest BCUT2D eigenvalue weighted by atomic mass is 10.1. The normalized spacial score (nSPS) is 14.7. The van der Waals surface area contributed by atoms with Crippen LogP contribution in [-0.4, -0.2) is 62.0 Å². The minimum absolute atomic E-state index is 0.0687. The average Bonchev–Trinajstić information content (AvgIpc) is 2.59. The first-order valence-electron chi connectivity index (χ1n) is 7.39. The Balaban J connectivity index is 2.08. The van der Waals surface area contributed by atoms with Crippen molar-refractivity contribution < 1.29 is 19.1 Å². The maximum atomic E-state index is 12.6. The van der Waals surface area contributed by atoms with Crippen LogP contribution < -0.4 is 9.47 Å². The van der Waals surface area contributed by atoms with Crippen LogP contribution in [0, 0.1) is 0 Å². The molecule has 0 N–H and O–H groups in total. The largest absolute Gasteiger partial charge is 0.497 e. The number of methoxy groups -OCH3 is 2. The van der Waals surface area contributed by atoms with Gasteiger partial charge < -0.3 is 19.3 Å². The number of hydrogen-bond donors (Lipinski definition) is 0. The van der Waals surface area contributed by atoms with Crippen molar-refractivity contribution in [3.63, 3.8) is 0 Å². The topological polar surface area (TPSA) is 59.1 Å². The molecule has 1 aromatic rings. The van der Waals surface area contributed by atoms with Gasteiger partial charge in [0.15, 0.2) is 0 Å². The van der Waals surface area contributed by atoms with E-state index >= 15 is 0 Å². The second-order valence-electron chi connectivity index (χ2n) is 5.13. The minimum Gasteiger partial charge on any atom is -0.497 e. The molecule has 0 saturated carbocycles. The van der Waals surface area contributed by atoms with E-state index in [0.717, 1.165) is 0 Å². The van der Waals surface area contributed by atoms with Crippen LogP contribution in [0.4, 0.5) is 0 Å². The van der Waals surface area contributed by atoms with E-state index in [-0.39, 0.29) is 11.8 Å². The quantitative estimate of drug-likeness (QED) is 0.843. The van der Waals surface area contributed by atoms with Gasteiger partial charge >= 0.3 is 0 Å². The fourth-order valence-electron chi connectivity index (χ4n) is 2.50. The molecule has 2 amide bonds. The number of amides is 2. The van der Waals surface area contributed by atoms with E-state index in [4.69, 9.17) is 9.47 Å². The first kappa shape index (κ1) is 16.1. The monoisotopic (exact) mass is 306 g/mol. The highest BCUT2D eigenvalue weighted by Gasteiger charge is 2.24. The van der Waals surface area contributed by atoms with Gasteiger partial charge in [-0.2, -0.15) is 0 Å². The van der Waals surface area contributed by atoms with Crippen molar-refractivity contribution in [3.05, 3.63) is 23.8 Å². The van der Waals surface area contributed by atoms with Crippen molar-refractivity contribution in [1.82, 2.24) is 9.80 Å². The predicted octanol–water partition coefficient (Wildman–Crippen LogP) is 1.40. The van der Waals surface area contributed by atoms with Gasteiger partial charge in [-0.05, 0) is 12.1 Å². The van der Waals surface area contributed by atoms with Crippen LogP contribution in [0.2, 0.25) is 0 Å². The molecular weight excluding hydrogens is 284 g/mol. The van der Waals surface area contributed by atoms with Crippen LogP contribution in [0.25, 0.3) is 0 Å². The van der Waals surface area contributed by atoms with Crippen LogP contribution in [-0.2, 0) is 4.79 Å². The molecular formula is C16H22N2O4. The van der Waals surface area contributed by atoms with Crippen molar-refractivity contribution in [2.24, 2.45) is 0 Å². The Labute approximate surface area is 130 Å². The van der Waals surface area contributed by atoms with Crippen molar-refractivity contribution >= 4 is 11.8 Å². The molecule has 120 valence electrons. The molecule has 0 bridgehead atoms. The molecule has 2 rings (SSSR count). The fourth-order valence-corrected chi connectivity index (χ4v) is 2.50. The molecule has 6 heteroatoms. The van der Waals surface area contributed by atoms with Gasteiger partial charge in [0.25, 0.3) is 5.91 Å². The maximum absolute atomic E-state index is 12.6. The molecule has 1 fully saturated rings. The van der Waals surface area contributed by atoms with Crippen LogP contribution >= 0.6 is 0 Å². The molecule has 0 aliphatic carbocycles. The third-order valence-electron chi connectivity index (χ3n) is 3.82. The number of rotatable bonds is 4. The highest BCUT2D eigenvalue weighted by molar-refractivity contribution is 5.95. The zero-order valence-electron chi connectivity index (χ0n) is 13.3. The predicted molar refractivity (Wildman–Crippen MR) is 82.3 cm³/mol. The summed E-state index contributed by atoms with van der Waals surface area (Å²) < 4.78 is 10.4. The van der Waals surface area contributed by atoms with Crippen LogP contribution in [0.3, 0.4) is 0 Å². The molecule has 22 heavy (non-hydrogen) atoms. The summed E-state index contributed by atoms with van der Waals surface area (Å²) in [5, 5.41) is 0. The number of benzene rings is 1. The summed E-state index contributed by atoms with van der Waals surface area (Å²) in [7, 11) is 3.11. The van der Waals surface area contributed by atoms with E-state index < -0.39 is 0 Å². The van der Waals surface area contributed by atoms with Crippen LogP contribution in [0.15, 0.2) is 18.2 Å². The Hall–Kier alpha value is -2.24. The molecule has 0 spiro atoms. The van der Waals surface area contributed by atoms with Gasteiger partial charge in [0, 0.05) is 44.2 Å². The zero-order valence-corrected chi connectivity index (χ0v) is 13.3. The molecule has 0 aromatic heterocycles. The number of hydrogen-bond acceptors (Lipinski definition) is 4. The summed E-state index contributed by atoms with van der Waals surface area (Å²) >= 11 is 0. The number of nitrogens with zero attached hydrogens (tertiary/aromatic N) is 2. The molecule has 1 aliphatic rings. The molecule has 0 unspecified atom stereocenters. The Morgan fingerprint density at radius 1 is 0.955 bits per heavy atom. The number of piperazine rings is 1. The van der Waals surface area contributed by atoms with E-state index in [0.29, 0.717) is 49.7 Å². The summed E-state index contributed by atoms with van der Waals surface area (Å²) in [6.07, 6.45) is 0.501. The smallest absolute Gasteiger partial charge is 0.254 e. The van der Waals surface area contributed by atoms with Gasteiger partial charge in [0.2, 0.25) is 5.91 Å². The lowest BCUT2D eigenvalue weighted by Gasteiger charge is -2.34. The summed E-state index contributed by atoms with van der Waals surface area (Å²) in [4.78, 5) is 27.8. The molecule has 0 atom stereocenters. The number of carbonyl (C=O) groups is 2. The van der Waals surface area contributed by atoms with Gasteiger partial charge in [-0.3, -0.25) is 9.59 Å². The van der Waals surface area contributed by atoms with Crippen molar-refractivity contribution in [3.8, 4) is 11.5 Å². The summed E-state index contributed by atoms with van der Waals surface area (Å²) in [5.41, 5.74) is 0.534. The Kier molecular flexibility index (Phi) is 5.25. The number of carbonyl (C=O) groups excluding carboxylic acids is 2. The average molecular weight is 306 g/mol. The lowest BCUT2D eigenvalue weighted by Crippen LogP contribution is -2.50. The molecule has 6 nitrogen and oxygen atoms in total. The highest BCUT2D eigenvalue weighted by Crippen LogP contribution is 2.23. The van der Waals surface area contributed by atoms with Gasteiger partial charge in [0.1, 0.15) is 11.5 Å². The minimum atomic E-state index is -0.0687. The molecule has 1 aromatic carbocycles. The zero-order chi connectivity index (χ0) is 16.1. The SMILES string of the molecule is CCC(=O)N1CCN(C(=O)c2cc(OC)cc(OC)c2)CC1. The summed E-state index contributed by atoms with van der Waals surface area (Å²) in [6, 6.07) is 5.14. The Bertz CT molecular complexity index is 529. The standard InChI is InChI=1S/C16H22N2O4/c1-4-15(19)17-5-7-18(8-6-17)16(20)12-9-13(21-2)11-14(10-12)22-3/h9-11H,4-8H2,1-3H3. The lowest BCUT2D eigenvalue weighted by molar-refractivity contribution is -0.132. The Morgan fingerprint density at radius 2 is 1.45 bits per heavy atom. The van der Waals surface area contributed by atoms with Gasteiger partial charge in [0.05, 0.1) is 14.2 Å².